The third-order valence-electron chi connectivity index (χ3n) is 5.80. The van der Waals surface area contributed by atoms with Crippen molar-refractivity contribution in [2.75, 3.05) is 13.1 Å². The summed E-state index contributed by atoms with van der Waals surface area (Å²) < 4.78 is 0. The first kappa shape index (κ1) is 12.9. The van der Waals surface area contributed by atoms with Crippen LogP contribution in [0.25, 0.3) is 0 Å². The van der Waals surface area contributed by atoms with E-state index in [0.717, 1.165) is 23.9 Å². The van der Waals surface area contributed by atoms with Crippen LogP contribution in [0.2, 0.25) is 0 Å². The number of hydrogen-bond acceptors (Lipinski definition) is 2. The standard InChI is InChI=1S/C16H30N2/c1-3-15-7-9-18(8-6-12(2)17-15)16-11-13-4-5-14(16)10-13/h12-17H,3-11H2,1-2H3. The van der Waals surface area contributed by atoms with Crippen LogP contribution in [0.1, 0.15) is 58.8 Å². The van der Waals surface area contributed by atoms with Gasteiger partial charge in [0, 0.05) is 18.1 Å². The Kier molecular flexibility index (Phi) is 3.95. The second-order valence-electron chi connectivity index (χ2n) is 7.03. The molecule has 2 saturated carbocycles. The minimum Gasteiger partial charge on any atom is -0.311 e. The lowest BCUT2D eigenvalue weighted by molar-refractivity contribution is 0.118. The monoisotopic (exact) mass is 250 g/mol. The van der Waals surface area contributed by atoms with E-state index >= 15 is 0 Å². The van der Waals surface area contributed by atoms with Crippen molar-refractivity contribution in [1.82, 2.24) is 10.2 Å². The molecule has 5 atom stereocenters. The normalized spacial score (nSPS) is 46.0. The van der Waals surface area contributed by atoms with Crippen LogP contribution in [0.3, 0.4) is 0 Å². The van der Waals surface area contributed by atoms with Crippen LogP contribution in [0, 0.1) is 11.8 Å². The van der Waals surface area contributed by atoms with Gasteiger partial charge >= 0.3 is 0 Å². The second-order valence-corrected chi connectivity index (χ2v) is 7.03. The molecule has 104 valence electrons. The van der Waals surface area contributed by atoms with Gasteiger partial charge in [-0.15, -0.1) is 0 Å². The Morgan fingerprint density at radius 1 is 1.06 bits per heavy atom. The number of nitrogens with one attached hydrogen (secondary N) is 1. The van der Waals surface area contributed by atoms with Crippen molar-refractivity contribution in [2.45, 2.75) is 76.9 Å². The van der Waals surface area contributed by atoms with Crippen molar-refractivity contribution in [3.8, 4) is 0 Å². The molecule has 0 spiro atoms. The molecule has 2 heteroatoms. The van der Waals surface area contributed by atoms with Gasteiger partial charge in [-0.3, -0.25) is 4.90 Å². The van der Waals surface area contributed by atoms with Crippen molar-refractivity contribution >= 4 is 0 Å². The van der Waals surface area contributed by atoms with E-state index < -0.39 is 0 Å². The summed E-state index contributed by atoms with van der Waals surface area (Å²) >= 11 is 0. The van der Waals surface area contributed by atoms with Gasteiger partial charge in [-0.1, -0.05) is 13.3 Å². The number of hydrogen-bond donors (Lipinski definition) is 1. The fraction of sp³-hybridized carbons (Fsp3) is 1.00. The first-order chi connectivity index (χ1) is 8.76. The first-order valence-corrected chi connectivity index (χ1v) is 8.26. The summed E-state index contributed by atoms with van der Waals surface area (Å²) in [5.74, 6) is 2.14. The molecule has 3 rings (SSSR count). The smallest absolute Gasteiger partial charge is 0.0126 e. The summed E-state index contributed by atoms with van der Waals surface area (Å²) in [5, 5.41) is 3.79. The van der Waals surface area contributed by atoms with Crippen LogP contribution in [0.15, 0.2) is 0 Å². The Labute approximate surface area is 113 Å². The maximum absolute atomic E-state index is 3.79. The molecule has 1 N–H and O–H groups in total. The minimum atomic E-state index is 0.705. The Morgan fingerprint density at radius 2 is 1.89 bits per heavy atom. The molecule has 0 aromatic carbocycles. The van der Waals surface area contributed by atoms with E-state index in [-0.39, 0.29) is 0 Å². The third kappa shape index (κ3) is 2.60. The van der Waals surface area contributed by atoms with Crippen LogP contribution in [0.4, 0.5) is 0 Å². The summed E-state index contributed by atoms with van der Waals surface area (Å²) in [5.41, 5.74) is 0. The second kappa shape index (κ2) is 5.50. The Balaban J connectivity index is 1.61. The van der Waals surface area contributed by atoms with E-state index in [1.165, 1.54) is 51.6 Å². The fourth-order valence-corrected chi connectivity index (χ4v) is 4.67. The Hall–Kier alpha value is -0.0800. The molecule has 2 nitrogen and oxygen atoms in total. The van der Waals surface area contributed by atoms with Gasteiger partial charge < -0.3 is 5.32 Å². The average molecular weight is 250 g/mol. The van der Waals surface area contributed by atoms with Crippen LogP contribution in [-0.2, 0) is 0 Å². The molecule has 3 aliphatic rings. The molecule has 0 aromatic heterocycles. The molecular formula is C16H30N2. The number of rotatable bonds is 2. The first-order valence-electron chi connectivity index (χ1n) is 8.26. The van der Waals surface area contributed by atoms with Gasteiger partial charge in [0.25, 0.3) is 0 Å². The van der Waals surface area contributed by atoms with Gasteiger partial charge in [-0.05, 0) is 70.4 Å². The molecule has 2 aliphatic carbocycles. The molecule has 1 aliphatic heterocycles. The van der Waals surface area contributed by atoms with Crippen molar-refractivity contribution in [3.63, 3.8) is 0 Å². The van der Waals surface area contributed by atoms with E-state index in [1.54, 1.807) is 6.42 Å². The predicted octanol–water partition coefficient (Wildman–Crippen LogP) is 3.03. The highest BCUT2D eigenvalue weighted by Crippen LogP contribution is 2.46. The van der Waals surface area contributed by atoms with Gasteiger partial charge in [-0.2, -0.15) is 0 Å². The zero-order valence-electron chi connectivity index (χ0n) is 12.2. The molecule has 3 fully saturated rings. The number of nitrogens with zero attached hydrogens (tertiary/aromatic N) is 1. The number of fused-ring (bicyclic) bond motifs is 2. The highest BCUT2D eigenvalue weighted by Gasteiger charge is 2.42. The highest BCUT2D eigenvalue weighted by atomic mass is 15.2. The molecule has 18 heavy (non-hydrogen) atoms. The third-order valence-corrected chi connectivity index (χ3v) is 5.80. The SMILES string of the molecule is CCC1CCN(C2CC3CCC2C3)CCC(C)N1. The zero-order valence-corrected chi connectivity index (χ0v) is 12.2. The maximum atomic E-state index is 3.79. The molecular weight excluding hydrogens is 220 g/mol. The largest absolute Gasteiger partial charge is 0.311 e. The van der Waals surface area contributed by atoms with Gasteiger partial charge in [0.2, 0.25) is 0 Å². The molecule has 0 aromatic rings. The van der Waals surface area contributed by atoms with Gasteiger partial charge in [0.1, 0.15) is 0 Å². The average Bonchev–Trinajstić information content (AvgIpc) is 2.96. The Morgan fingerprint density at radius 3 is 2.56 bits per heavy atom. The van der Waals surface area contributed by atoms with Crippen LogP contribution < -0.4 is 5.32 Å². The quantitative estimate of drug-likeness (QED) is 0.810. The molecule has 1 heterocycles. The zero-order chi connectivity index (χ0) is 12.5. The summed E-state index contributed by atoms with van der Waals surface area (Å²) in [6, 6.07) is 2.41. The minimum absolute atomic E-state index is 0.705. The Bertz CT molecular complexity index is 278. The molecule has 0 radical (unpaired) electrons. The van der Waals surface area contributed by atoms with E-state index in [1.807, 2.05) is 0 Å². The van der Waals surface area contributed by atoms with Crippen molar-refractivity contribution in [1.29, 1.82) is 0 Å². The van der Waals surface area contributed by atoms with Gasteiger partial charge in [0.15, 0.2) is 0 Å². The summed E-state index contributed by atoms with van der Waals surface area (Å²) in [4.78, 5) is 2.86. The van der Waals surface area contributed by atoms with Crippen molar-refractivity contribution in [2.24, 2.45) is 11.8 Å². The molecule has 5 unspecified atom stereocenters. The lowest BCUT2D eigenvalue weighted by atomic mass is 9.92. The lowest BCUT2D eigenvalue weighted by Crippen LogP contribution is -2.48. The van der Waals surface area contributed by atoms with Crippen molar-refractivity contribution < 1.29 is 0 Å². The topological polar surface area (TPSA) is 15.3 Å². The summed E-state index contributed by atoms with van der Waals surface area (Å²) in [7, 11) is 0. The lowest BCUT2D eigenvalue weighted by Gasteiger charge is -2.38. The predicted molar refractivity (Wildman–Crippen MR) is 76.7 cm³/mol. The van der Waals surface area contributed by atoms with Gasteiger partial charge in [-0.25, -0.2) is 0 Å². The maximum Gasteiger partial charge on any atom is 0.0126 e. The van der Waals surface area contributed by atoms with Crippen LogP contribution >= 0.6 is 0 Å². The van der Waals surface area contributed by atoms with Gasteiger partial charge in [0.05, 0.1) is 0 Å². The van der Waals surface area contributed by atoms with E-state index in [2.05, 4.69) is 24.1 Å². The summed E-state index contributed by atoms with van der Waals surface area (Å²) in [6.45, 7) is 7.37. The van der Waals surface area contributed by atoms with Crippen LogP contribution in [-0.4, -0.2) is 36.1 Å². The van der Waals surface area contributed by atoms with Crippen molar-refractivity contribution in [3.05, 3.63) is 0 Å². The highest BCUT2D eigenvalue weighted by molar-refractivity contribution is 4.96. The molecule has 1 saturated heterocycles. The van der Waals surface area contributed by atoms with E-state index in [4.69, 9.17) is 0 Å². The fourth-order valence-electron chi connectivity index (χ4n) is 4.67. The summed E-state index contributed by atoms with van der Waals surface area (Å²) in [6.07, 6.45) is 10.1. The van der Waals surface area contributed by atoms with Crippen LogP contribution in [0.5, 0.6) is 0 Å². The van der Waals surface area contributed by atoms with E-state index in [9.17, 15) is 0 Å². The van der Waals surface area contributed by atoms with E-state index in [0.29, 0.717) is 6.04 Å². The molecule has 2 bridgehead atoms. The molecule has 0 amide bonds.